The van der Waals surface area contributed by atoms with Crippen LogP contribution in [0.25, 0.3) is 0 Å². The smallest absolute Gasteiger partial charge is 0.239 e. The van der Waals surface area contributed by atoms with Crippen molar-refractivity contribution < 1.29 is 18.7 Å². The number of ether oxygens (including phenoxy) is 1. The van der Waals surface area contributed by atoms with Gasteiger partial charge in [0.05, 0.1) is 19.7 Å². The molecule has 0 saturated carbocycles. The van der Waals surface area contributed by atoms with Crippen molar-refractivity contribution in [2.24, 2.45) is 5.73 Å². The summed E-state index contributed by atoms with van der Waals surface area (Å²) in [6.07, 6.45) is 1.50. The summed E-state index contributed by atoms with van der Waals surface area (Å²) in [5.74, 6) is -0.300. The van der Waals surface area contributed by atoms with Gasteiger partial charge in [0.15, 0.2) is 0 Å². The molecule has 1 rings (SSSR count). The minimum absolute atomic E-state index is 0.0673. The second-order valence-corrected chi connectivity index (χ2v) is 4.34. The van der Waals surface area contributed by atoms with Gasteiger partial charge in [-0.25, -0.2) is 4.39 Å². The molecule has 1 aromatic rings. The highest BCUT2D eigenvalue weighted by Crippen LogP contribution is 2.11. The summed E-state index contributed by atoms with van der Waals surface area (Å²) in [5.41, 5.74) is 5.09. The molecule has 0 bridgehead atoms. The number of unbranched alkanes of at least 4 members (excludes halogenated alkanes) is 1. The molecule has 4 N–H and O–H groups in total. The second kappa shape index (κ2) is 9.71. The van der Waals surface area contributed by atoms with Crippen LogP contribution < -0.4 is 21.1 Å². The first-order valence-corrected chi connectivity index (χ1v) is 6.73. The standard InChI is InChI=1S/C14H20FN3O3/c15-11-3-5-12(6-4-11)21-8-2-1-7-17-14(20)10-18-13(19)9-16/h3-6H,1-2,7-10,16H2,(H,17,20)(H,18,19). The molecule has 1 aromatic carbocycles. The first-order valence-electron chi connectivity index (χ1n) is 6.73. The number of hydrogen-bond donors (Lipinski definition) is 3. The van der Waals surface area contributed by atoms with Crippen LogP contribution in [0.5, 0.6) is 5.75 Å². The van der Waals surface area contributed by atoms with Gasteiger partial charge in [0.1, 0.15) is 11.6 Å². The van der Waals surface area contributed by atoms with E-state index in [1.54, 1.807) is 12.1 Å². The predicted octanol–water partition coefficient (Wildman–Crippen LogP) is 0.176. The average Bonchev–Trinajstić information content (AvgIpc) is 2.50. The summed E-state index contributed by atoms with van der Waals surface area (Å²) in [4.78, 5) is 22.1. The van der Waals surface area contributed by atoms with Crippen molar-refractivity contribution in [1.29, 1.82) is 0 Å². The van der Waals surface area contributed by atoms with Crippen molar-refractivity contribution >= 4 is 11.8 Å². The average molecular weight is 297 g/mol. The maximum absolute atomic E-state index is 12.7. The van der Waals surface area contributed by atoms with Gasteiger partial charge in [0.25, 0.3) is 0 Å². The molecule has 116 valence electrons. The van der Waals surface area contributed by atoms with Crippen LogP contribution >= 0.6 is 0 Å². The molecule has 0 radical (unpaired) electrons. The van der Waals surface area contributed by atoms with Gasteiger partial charge in [0, 0.05) is 6.54 Å². The largest absolute Gasteiger partial charge is 0.494 e. The summed E-state index contributed by atoms with van der Waals surface area (Å²) >= 11 is 0. The van der Waals surface area contributed by atoms with E-state index in [4.69, 9.17) is 10.5 Å². The molecule has 0 heterocycles. The van der Waals surface area contributed by atoms with Crippen LogP contribution in [0.1, 0.15) is 12.8 Å². The van der Waals surface area contributed by atoms with E-state index in [9.17, 15) is 14.0 Å². The lowest BCUT2D eigenvalue weighted by atomic mass is 10.3. The Kier molecular flexibility index (Phi) is 7.81. The van der Waals surface area contributed by atoms with Crippen molar-refractivity contribution in [3.05, 3.63) is 30.1 Å². The summed E-state index contributed by atoms with van der Waals surface area (Å²) < 4.78 is 18.1. The number of amides is 2. The zero-order chi connectivity index (χ0) is 15.5. The highest BCUT2D eigenvalue weighted by Gasteiger charge is 2.02. The first kappa shape index (κ1) is 16.9. The Morgan fingerprint density at radius 3 is 2.48 bits per heavy atom. The van der Waals surface area contributed by atoms with Gasteiger partial charge in [-0.3, -0.25) is 9.59 Å². The molecular weight excluding hydrogens is 277 g/mol. The first-order chi connectivity index (χ1) is 10.1. The van der Waals surface area contributed by atoms with Crippen LogP contribution in [0.3, 0.4) is 0 Å². The van der Waals surface area contributed by atoms with E-state index in [1.165, 1.54) is 12.1 Å². The molecule has 0 aromatic heterocycles. The van der Waals surface area contributed by atoms with Crippen LogP contribution in [-0.2, 0) is 9.59 Å². The summed E-state index contributed by atoms with van der Waals surface area (Å²) in [6.45, 7) is 0.797. The van der Waals surface area contributed by atoms with E-state index in [0.717, 1.165) is 12.8 Å². The molecule has 0 unspecified atom stereocenters. The van der Waals surface area contributed by atoms with E-state index < -0.39 is 0 Å². The third-order valence-electron chi connectivity index (χ3n) is 2.61. The lowest BCUT2D eigenvalue weighted by molar-refractivity contribution is -0.125. The molecule has 0 atom stereocenters. The Morgan fingerprint density at radius 2 is 1.81 bits per heavy atom. The number of benzene rings is 1. The van der Waals surface area contributed by atoms with Gasteiger partial charge in [0.2, 0.25) is 11.8 Å². The van der Waals surface area contributed by atoms with Gasteiger partial charge in [-0.05, 0) is 37.1 Å². The number of rotatable bonds is 9. The summed E-state index contributed by atoms with van der Waals surface area (Å²) in [7, 11) is 0. The SMILES string of the molecule is NCC(=O)NCC(=O)NCCCCOc1ccc(F)cc1. The molecular formula is C14H20FN3O3. The fourth-order valence-electron chi connectivity index (χ4n) is 1.49. The molecule has 0 aliphatic carbocycles. The molecule has 21 heavy (non-hydrogen) atoms. The second-order valence-electron chi connectivity index (χ2n) is 4.34. The quantitative estimate of drug-likeness (QED) is 0.567. The highest BCUT2D eigenvalue weighted by molar-refractivity contribution is 5.85. The summed E-state index contributed by atoms with van der Waals surface area (Å²) in [5, 5.41) is 5.05. The molecule has 0 fully saturated rings. The zero-order valence-electron chi connectivity index (χ0n) is 11.7. The Bertz CT molecular complexity index is 451. The van der Waals surface area contributed by atoms with Crippen molar-refractivity contribution in [3.63, 3.8) is 0 Å². The fraction of sp³-hybridized carbons (Fsp3) is 0.429. The van der Waals surface area contributed by atoms with Gasteiger partial charge in [-0.2, -0.15) is 0 Å². The van der Waals surface area contributed by atoms with Crippen LogP contribution in [0.4, 0.5) is 4.39 Å². The third-order valence-corrected chi connectivity index (χ3v) is 2.61. The zero-order valence-corrected chi connectivity index (χ0v) is 11.7. The van der Waals surface area contributed by atoms with Crippen LogP contribution in [0.2, 0.25) is 0 Å². The minimum Gasteiger partial charge on any atom is -0.494 e. The van der Waals surface area contributed by atoms with Crippen molar-refractivity contribution in [1.82, 2.24) is 10.6 Å². The highest BCUT2D eigenvalue weighted by atomic mass is 19.1. The van der Waals surface area contributed by atoms with Crippen molar-refractivity contribution in [2.75, 3.05) is 26.2 Å². The maximum atomic E-state index is 12.7. The van der Waals surface area contributed by atoms with Gasteiger partial charge in [-0.15, -0.1) is 0 Å². The topological polar surface area (TPSA) is 93.5 Å². The molecule has 7 heteroatoms. The monoisotopic (exact) mass is 297 g/mol. The molecule has 2 amide bonds. The molecule has 0 saturated heterocycles. The van der Waals surface area contributed by atoms with Crippen molar-refractivity contribution in [3.8, 4) is 5.75 Å². The molecule has 6 nitrogen and oxygen atoms in total. The van der Waals surface area contributed by atoms with E-state index in [0.29, 0.717) is 18.9 Å². The Labute approximate surface area is 122 Å². The van der Waals surface area contributed by atoms with E-state index >= 15 is 0 Å². The predicted molar refractivity (Wildman–Crippen MR) is 76.2 cm³/mol. The number of halogens is 1. The maximum Gasteiger partial charge on any atom is 0.239 e. The van der Waals surface area contributed by atoms with E-state index in [-0.39, 0.29) is 30.7 Å². The fourth-order valence-corrected chi connectivity index (χ4v) is 1.49. The van der Waals surface area contributed by atoms with Gasteiger partial charge in [-0.1, -0.05) is 0 Å². The normalized spacial score (nSPS) is 10.0. The Balaban J connectivity index is 2.00. The van der Waals surface area contributed by atoms with Crippen LogP contribution in [0, 0.1) is 5.82 Å². The Morgan fingerprint density at radius 1 is 1.10 bits per heavy atom. The number of nitrogens with two attached hydrogens (primary N) is 1. The van der Waals surface area contributed by atoms with Crippen molar-refractivity contribution in [2.45, 2.75) is 12.8 Å². The van der Waals surface area contributed by atoms with E-state index in [1.807, 2.05) is 0 Å². The number of carbonyl (C=O) groups excluding carboxylic acids is 2. The molecule has 0 aliphatic heterocycles. The van der Waals surface area contributed by atoms with E-state index in [2.05, 4.69) is 10.6 Å². The lowest BCUT2D eigenvalue weighted by Crippen LogP contribution is -2.39. The van der Waals surface area contributed by atoms with Gasteiger partial charge < -0.3 is 21.1 Å². The minimum atomic E-state index is -0.363. The van der Waals surface area contributed by atoms with Crippen LogP contribution in [0.15, 0.2) is 24.3 Å². The Hall–Kier alpha value is -2.15. The lowest BCUT2D eigenvalue weighted by Gasteiger charge is -2.07. The molecule has 0 spiro atoms. The van der Waals surface area contributed by atoms with Gasteiger partial charge >= 0.3 is 0 Å². The number of hydrogen-bond acceptors (Lipinski definition) is 4. The summed E-state index contributed by atoms with van der Waals surface area (Å²) in [6, 6.07) is 5.81. The number of nitrogens with one attached hydrogen (secondary N) is 2. The number of carbonyl (C=O) groups is 2. The third kappa shape index (κ3) is 7.88. The molecule has 0 aliphatic rings. The van der Waals surface area contributed by atoms with Crippen LogP contribution in [-0.4, -0.2) is 38.1 Å².